The highest BCUT2D eigenvalue weighted by Crippen LogP contribution is 2.33. The minimum atomic E-state index is -3.91. The minimum absolute atomic E-state index is 0.00341. The van der Waals surface area contributed by atoms with E-state index in [0.717, 1.165) is 5.56 Å². The van der Waals surface area contributed by atoms with E-state index in [1.807, 2.05) is 26.8 Å². The Hall–Kier alpha value is -3.33. The molecule has 8 nitrogen and oxygen atoms in total. The molecule has 1 saturated heterocycles. The van der Waals surface area contributed by atoms with Crippen molar-refractivity contribution in [1.29, 1.82) is 0 Å². The number of ketones is 2. The van der Waals surface area contributed by atoms with Crippen LogP contribution in [0.2, 0.25) is 0 Å². The second-order valence-corrected chi connectivity index (χ2v) is 11.6. The van der Waals surface area contributed by atoms with Crippen molar-refractivity contribution in [3.8, 4) is 0 Å². The Morgan fingerprint density at radius 2 is 1.69 bits per heavy atom. The topological polar surface area (TPSA) is 126 Å². The van der Waals surface area contributed by atoms with E-state index in [9.17, 15) is 27.6 Å². The van der Waals surface area contributed by atoms with Crippen molar-refractivity contribution >= 4 is 39.1 Å². The van der Waals surface area contributed by atoms with Crippen LogP contribution in [-0.2, 0) is 19.6 Å². The van der Waals surface area contributed by atoms with Crippen LogP contribution in [0.15, 0.2) is 41.3 Å². The summed E-state index contributed by atoms with van der Waals surface area (Å²) in [6.07, 6.45) is 1.52. The van der Waals surface area contributed by atoms with Gasteiger partial charge in [-0.05, 0) is 61.9 Å². The van der Waals surface area contributed by atoms with Crippen molar-refractivity contribution in [3.63, 3.8) is 0 Å². The molecule has 2 atom stereocenters. The monoisotopic (exact) mass is 510 g/mol. The Morgan fingerprint density at radius 3 is 2.39 bits per heavy atom. The summed E-state index contributed by atoms with van der Waals surface area (Å²) in [7, 11) is -3.91. The molecule has 4 rings (SSSR count). The average molecular weight is 511 g/mol. The maximum Gasteiger partial charge on any atom is 0.262 e. The number of hydrogen-bond donors (Lipinski definition) is 2. The van der Waals surface area contributed by atoms with Gasteiger partial charge in [0.25, 0.3) is 10.0 Å². The molecule has 2 aromatic rings. The molecule has 2 amide bonds. The number of hydrogen-bond acceptors (Lipinski definition) is 6. The van der Waals surface area contributed by atoms with Gasteiger partial charge < -0.3 is 0 Å². The largest absolute Gasteiger partial charge is 0.296 e. The van der Waals surface area contributed by atoms with E-state index in [1.54, 1.807) is 12.1 Å². The number of piperidine rings is 1. The molecule has 1 fully saturated rings. The van der Waals surface area contributed by atoms with Gasteiger partial charge in [0.05, 0.1) is 4.90 Å². The minimum Gasteiger partial charge on any atom is -0.296 e. The number of sulfonamides is 1. The van der Waals surface area contributed by atoms with Crippen molar-refractivity contribution in [2.24, 2.45) is 11.8 Å². The first-order valence-corrected chi connectivity index (χ1v) is 13.6. The fourth-order valence-corrected chi connectivity index (χ4v) is 6.32. The molecule has 0 spiro atoms. The molecule has 1 aliphatic carbocycles. The fourth-order valence-electron chi connectivity index (χ4n) is 4.92. The lowest BCUT2D eigenvalue weighted by Gasteiger charge is -2.26. The maximum atomic E-state index is 13.2. The number of carbonyl (C=O) groups excluding carboxylic acids is 4. The molecule has 0 aromatic heterocycles. The van der Waals surface area contributed by atoms with Crippen LogP contribution >= 0.6 is 0 Å². The molecule has 2 N–H and O–H groups in total. The number of carbonyl (C=O) groups is 4. The second kappa shape index (κ2) is 9.97. The lowest BCUT2D eigenvalue weighted by molar-refractivity contribution is -0.136. The normalized spacial score (nSPS) is 20.3. The van der Waals surface area contributed by atoms with Crippen LogP contribution in [0.1, 0.15) is 83.7 Å². The third-order valence-electron chi connectivity index (χ3n) is 6.93. The van der Waals surface area contributed by atoms with E-state index in [1.165, 1.54) is 18.2 Å². The van der Waals surface area contributed by atoms with Gasteiger partial charge in [0.1, 0.15) is 0 Å². The van der Waals surface area contributed by atoms with Crippen molar-refractivity contribution in [1.82, 2.24) is 5.32 Å². The number of nitrogens with one attached hydrogen (secondary N) is 2. The van der Waals surface area contributed by atoms with Crippen LogP contribution in [0.3, 0.4) is 0 Å². The highest BCUT2D eigenvalue weighted by molar-refractivity contribution is 7.92. The number of anilines is 1. The van der Waals surface area contributed by atoms with Crippen molar-refractivity contribution in [2.75, 3.05) is 4.72 Å². The lowest BCUT2D eigenvalue weighted by atomic mass is 9.78. The fraction of sp³-hybridized carbons (Fsp3) is 0.407. The first-order valence-electron chi connectivity index (χ1n) is 12.1. The number of rotatable bonds is 7. The summed E-state index contributed by atoms with van der Waals surface area (Å²) in [5.74, 6) is -1.93. The van der Waals surface area contributed by atoms with Gasteiger partial charge in [-0.2, -0.15) is 0 Å². The van der Waals surface area contributed by atoms with Crippen LogP contribution in [0.4, 0.5) is 5.69 Å². The number of amides is 2. The molecule has 36 heavy (non-hydrogen) atoms. The van der Waals surface area contributed by atoms with Gasteiger partial charge in [0, 0.05) is 41.5 Å². The van der Waals surface area contributed by atoms with Gasteiger partial charge in [0.15, 0.2) is 11.6 Å². The van der Waals surface area contributed by atoms with E-state index in [4.69, 9.17) is 0 Å². The van der Waals surface area contributed by atoms with Crippen LogP contribution in [0.5, 0.6) is 0 Å². The van der Waals surface area contributed by atoms with Crippen LogP contribution in [0, 0.1) is 18.8 Å². The predicted octanol–water partition coefficient (Wildman–Crippen LogP) is 4.14. The zero-order valence-corrected chi connectivity index (χ0v) is 21.4. The summed E-state index contributed by atoms with van der Waals surface area (Å²) in [5, 5.41) is 2.32. The van der Waals surface area contributed by atoms with Gasteiger partial charge in [-0.3, -0.25) is 29.2 Å². The quantitative estimate of drug-likeness (QED) is 0.539. The standard InChI is InChI=1S/C27H30N2O6S/c1-15(2)21-12-16(3)4-10-24(21)36(34,35)29-19-8-9-20-22(14-19)23(30)13-18(26(20)32)6-5-17-7-11-25(31)28-27(17)33/h4,8-10,12,14-15,17-18,29H,5-7,11,13H2,1-3H3,(H,28,31,33). The third-order valence-corrected chi connectivity index (χ3v) is 8.39. The molecule has 0 saturated carbocycles. The Labute approximate surface area is 210 Å². The molecule has 190 valence electrons. The number of aryl methyl sites for hydroxylation is 1. The van der Waals surface area contributed by atoms with Gasteiger partial charge in [-0.1, -0.05) is 31.5 Å². The first-order chi connectivity index (χ1) is 17.0. The molecule has 0 radical (unpaired) electrons. The molecule has 1 aliphatic heterocycles. The zero-order valence-electron chi connectivity index (χ0n) is 20.6. The molecule has 2 aromatic carbocycles. The van der Waals surface area contributed by atoms with Crippen LogP contribution in [0.25, 0.3) is 0 Å². The molecular formula is C27H30N2O6S. The Kier molecular flexibility index (Phi) is 7.13. The SMILES string of the molecule is Cc1ccc(S(=O)(=O)Nc2ccc3c(c2)C(=O)CC(CCC2CCC(=O)NC2=O)C3=O)c(C(C)C)c1. The van der Waals surface area contributed by atoms with Crippen LogP contribution < -0.4 is 10.0 Å². The molecule has 1 heterocycles. The van der Waals surface area contributed by atoms with Gasteiger partial charge in [0.2, 0.25) is 11.8 Å². The van der Waals surface area contributed by atoms with E-state index in [2.05, 4.69) is 10.0 Å². The molecule has 2 aliphatic rings. The smallest absolute Gasteiger partial charge is 0.262 e. The number of fused-ring (bicyclic) bond motifs is 1. The van der Waals surface area contributed by atoms with Crippen molar-refractivity contribution in [2.45, 2.75) is 63.7 Å². The number of benzene rings is 2. The number of imide groups is 1. The van der Waals surface area contributed by atoms with Gasteiger partial charge >= 0.3 is 0 Å². The van der Waals surface area contributed by atoms with E-state index < -0.39 is 15.9 Å². The molecule has 0 bridgehead atoms. The summed E-state index contributed by atoms with van der Waals surface area (Å²) in [6, 6.07) is 9.57. The lowest BCUT2D eigenvalue weighted by Crippen LogP contribution is -2.41. The summed E-state index contributed by atoms with van der Waals surface area (Å²) in [4.78, 5) is 49.5. The molecule has 2 unspecified atom stereocenters. The Balaban J connectivity index is 1.51. The number of Topliss-reactive ketones (excluding diaryl/α,β-unsaturated/α-hetero) is 2. The summed E-state index contributed by atoms with van der Waals surface area (Å²) < 4.78 is 28.9. The third kappa shape index (κ3) is 5.26. The second-order valence-electron chi connectivity index (χ2n) is 9.98. The average Bonchev–Trinajstić information content (AvgIpc) is 2.81. The van der Waals surface area contributed by atoms with E-state index in [-0.39, 0.29) is 69.8 Å². The van der Waals surface area contributed by atoms with Gasteiger partial charge in [-0.25, -0.2) is 8.42 Å². The maximum absolute atomic E-state index is 13.2. The zero-order chi connectivity index (χ0) is 26.2. The molecular weight excluding hydrogens is 480 g/mol. The van der Waals surface area contributed by atoms with Gasteiger partial charge in [-0.15, -0.1) is 0 Å². The van der Waals surface area contributed by atoms with Crippen molar-refractivity contribution < 1.29 is 27.6 Å². The Morgan fingerprint density at radius 1 is 0.972 bits per heavy atom. The molecule has 9 heteroatoms. The van der Waals surface area contributed by atoms with E-state index >= 15 is 0 Å². The summed E-state index contributed by atoms with van der Waals surface area (Å²) in [5.41, 5.74) is 2.34. The van der Waals surface area contributed by atoms with Crippen LogP contribution in [-0.4, -0.2) is 31.8 Å². The van der Waals surface area contributed by atoms with E-state index in [0.29, 0.717) is 24.8 Å². The predicted molar refractivity (Wildman–Crippen MR) is 134 cm³/mol. The summed E-state index contributed by atoms with van der Waals surface area (Å²) in [6.45, 7) is 5.75. The first kappa shape index (κ1) is 25.8. The highest BCUT2D eigenvalue weighted by Gasteiger charge is 2.35. The van der Waals surface area contributed by atoms with Crippen molar-refractivity contribution in [3.05, 3.63) is 58.7 Å². The highest BCUT2D eigenvalue weighted by atomic mass is 32.2. The summed E-state index contributed by atoms with van der Waals surface area (Å²) >= 11 is 0. The Bertz CT molecular complexity index is 1360.